The van der Waals surface area contributed by atoms with Crippen LogP contribution in [0.2, 0.25) is 0 Å². The minimum Gasteiger partial charge on any atom is -0.480 e. The molecule has 15 heteroatoms. The van der Waals surface area contributed by atoms with Gasteiger partial charge in [0.2, 0.25) is 29.5 Å². The molecule has 4 unspecified atom stereocenters. The lowest BCUT2D eigenvalue weighted by Gasteiger charge is -2.23. The third-order valence-corrected chi connectivity index (χ3v) is 4.05. The molecule has 0 saturated heterocycles. The minimum atomic E-state index is -1.58. The standard InChI is InChI=1S/C15H26N6O8S/c16-6(1-2-10(17)23)12(25)20-8(4-22)14(27)19-7(3-11(18)24)13(26)21-9(5-30)15(28)29/h6-9,22,30H,1-5,16H2,(H2,17,23)(H2,18,24)(H,19,27)(H,20,25)(H,21,26)(H,28,29). The summed E-state index contributed by atoms with van der Waals surface area (Å²) in [4.78, 5) is 69.5. The Kier molecular flexibility index (Phi) is 12.0. The van der Waals surface area contributed by atoms with Crippen molar-refractivity contribution in [2.45, 2.75) is 43.4 Å². The van der Waals surface area contributed by atoms with Crippen molar-refractivity contribution in [2.24, 2.45) is 17.2 Å². The number of aliphatic hydroxyl groups is 1. The fourth-order valence-corrected chi connectivity index (χ4v) is 2.29. The van der Waals surface area contributed by atoms with Crippen LogP contribution in [0.3, 0.4) is 0 Å². The average Bonchev–Trinajstić information content (AvgIpc) is 2.66. The molecule has 0 aliphatic rings. The van der Waals surface area contributed by atoms with Gasteiger partial charge in [-0.3, -0.25) is 24.0 Å². The molecule has 0 radical (unpaired) electrons. The summed E-state index contributed by atoms with van der Waals surface area (Å²) in [5.41, 5.74) is 15.6. The number of aliphatic carboxylic acids is 1. The Morgan fingerprint density at radius 3 is 1.77 bits per heavy atom. The molecule has 4 atom stereocenters. The van der Waals surface area contributed by atoms with Crippen molar-refractivity contribution in [1.29, 1.82) is 0 Å². The molecule has 5 amide bonds. The Bertz CT molecular complexity index is 676. The summed E-state index contributed by atoms with van der Waals surface area (Å²) in [6.45, 7) is -0.889. The summed E-state index contributed by atoms with van der Waals surface area (Å²) in [5.74, 6) is -6.30. The van der Waals surface area contributed by atoms with E-state index in [1.54, 1.807) is 0 Å². The van der Waals surface area contributed by atoms with Crippen molar-refractivity contribution in [3.63, 3.8) is 0 Å². The SMILES string of the molecule is NC(=O)CCC(N)C(=O)NC(CO)C(=O)NC(CC(N)=O)C(=O)NC(CS)C(=O)O. The van der Waals surface area contributed by atoms with Gasteiger partial charge < -0.3 is 43.4 Å². The van der Waals surface area contributed by atoms with Crippen molar-refractivity contribution in [3.05, 3.63) is 0 Å². The van der Waals surface area contributed by atoms with Crippen molar-refractivity contribution in [1.82, 2.24) is 16.0 Å². The van der Waals surface area contributed by atoms with Crippen molar-refractivity contribution in [3.8, 4) is 0 Å². The molecule has 0 heterocycles. The van der Waals surface area contributed by atoms with Crippen molar-refractivity contribution >= 4 is 48.1 Å². The monoisotopic (exact) mass is 450 g/mol. The number of carboxylic acids is 1. The predicted octanol–water partition coefficient (Wildman–Crippen LogP) is -5.08. The number of thiol groups is 1. The first-order chi connectivity index (χ1) is 13.9. The lowest BCUT2D eigenvalue weighted by atomic mass is 10.1. The molecular weight excluding hydrogens is 424 g/mol. The highest BCUT2D eigenvalue weighted by molar-refractivity contribution is 7.80. The minimum absolute atomic E-state index is 0.103. The normalized spacial score (nSPS) is 14.5. The van der Waals surface area contributed by atoms with Gasteiger partial charge in [-0.25, -0.2) is 4.79 Å². The van der Waals surface area contributed by atoms with Gasteiger partial charge in [-0.15, -0.1) is 0 Å². The highest BCUT2D eigenvalue weighted by atomic mass is 32.1. The Balaban J connectivity index is 5.14. The second-order valence-electron chi connectivity index (χ2n) is 6.17. The lowest BCUT2D eigenvalue weighted by molar-refractivity contribution is -0.141. The van der Waals surface area contributed by atoms with Gasteiger partial charge in [-0.05, 0) is 6.42 Å². The maximum absolute atomic E-state index is 12.3. The maximum Gasteiger partial charge on any atom is 0.327 e. The summed E-state index contributed by atoms with van der Waals surface area (Å²) in [6, 6.07) is -5.73. The van der Waals surface area contributed by atoms with E-state index in [-0.39, 0.29) is 18.6 Å². The Hall–Kier alpha value is -2.91. The number of rotatable bonds is 14. The van der Waals surface area contributed by atoms with Gasteiger partial charge in [0.1, 0.15) is 18.1 Å². The van der Waals surface area contributed by atoms with E-state index in [9.17, 15) is 33.9 Å². The van der Waals surface area contributed by atoms with Crippen molar-refractivity contribution < 1.29 is 39.0 Å². The van der Waals surface area contributed by atoms with E-state index >= 15 is 0 Å². The zero-order chi connectivity index (χ0) is 23.4. The van der Waals surface area contributed by atoms with Crippen LogP contribution >= 0.6 is 12.6 Å². The predicted molar refractivity (Wildman–Crippen MR) is 105 cm³/mol. The molecule has 0 bridgehead atoms. The fraction of sp³-hybridized carbons (Fsp3) is 0.600. The summed E-state index contributed by atoms with van der Waals surface area (Å²) in [7, 11) is 0. The third-order valence-electron chi connectivity index (χ3n) is 3.69. The van der Waals surface area contributed by atoms with Crippen LogP contribution in [-0.4, -0.2) is 82.2 Å². The smallest absolute Gasteiger partial charge is 0.327 e. The van der Waals surface area contributed by atoms with Gasteiger partial charge in [0, 0.05) is 12.2 Å². The molecule has 0 spiro atoms. The first-order valence-corrected chi connectivity index (χ1v) is 9.23. The molecule has 0 aromatic carbocycles. The van der Waals surface area contributed by atoms with Crippen LogP contribution in [0.15, 0.2) is 0 Å². The molecule has 0 aromatic rings. The van der Waals surface area contributed by atoms with Gasteiger partial charge in [0.05, 0.1) is 19.1 Å². The number of nitrogens with one attached hydrogen (secondary N) is 3. The summed E-state index contributed by atoms with van der Waals surface area (Å²) in [6.07, 6.45) is -0.962. The highest BCUT2D eigenvalue weighted by Crippen LogP contribution is 1.99. The summed E-state index contributed by atoms with van der Waals surface area (Å²) in [5, 5.41) is 24.6. The number of carbonyl (C=O) groups excluding carboxylic acids is 5. The summed E-state index contributed by atoms with van der Waals surface area (Å²) >= 11 is 3.78. The number of carboxylic acid groups (broad SMARTS) is 1. The number of nitrogens with two attached hydrogens (primary N) is 3. The van der Waals surface area contributed by atoms with E-state index in [4.69, 9.17) is 22.3 Å². The van der Waals surface area contributed by atoms with E-state index in [0.717, 1.165) is 0 Å². The average molecular weight is 450 g/mol. The molecule has 0 aliphatic carbocycles. The first-order valence-electron chi connectivity index (χ1n) is 8.60. The van der Waals surface area contributed by atoms with Crippen molar-refractivity contribution in [2.75, 3.05) is 12.4 Å². The quantitative estimate of drug-likeness (QED) is 0.114. The van der Waals surface area contributed by atoms with Crippen LogP contribution in [0.1, 0.15) is 19.3 Å². The number of hydrogen-bond acceptors (Lipinski definition) is 9. The highest BCUT2D eigenvalue weighted by Gasteiger charge is 2.30. The maximum atomic E-state index is 12.3. The topological polar surface area (TPSA) is 257 Å². The van der Waals surface area contributed by atoms with Crippen LogP contribution in [0, 0.1) is 0 Å². The third kappa shape index (κ3) is 10.0. The van der Waals surface area contributed by atoms with Gasteiger partial charge in [-0.1, -0.05) is 0 Å². The molecule has 0 aromatic heterocycles. The number of primary amides is 2. The van der Waals surface area contributed by atoms with E-state index < -0.39 is 72.7 Å². The number of hydrogen-bond donors (Lipinski definition) is 9. The molecular formula is C15H26N6O8S. The Morgan fingerprint density at radius 1 is 0.833 bits per heavy atom. The zero-order valence-corrected chi connectivity index (χ0v) is 16.8. The van der Waals surface area contributed by atoms with Crippen LogP contribution in [0.25, 0.3) is 0 Å². The van der Waals surface area contributed by atoms with E-state index in [1.807, 2.05) is 0 Å². The van der Waals surface area contributed by atoms with E-state index in [0.29, 0.717) is 0 Å². The molecule has 0 aliphatic heterocycles. The van der Waals surface area contributed by atoms with Gasteiger partial charge in [0.25, 0.3) is 0 Å². The Morgan fingerprint density at radius 2 is 1.33 bits per heavy atom. The largest absolute Gasteiger partial charge is 0.480 e. The molecule has 11 N–H and O–H groups in total. The molecule has 170 valence electrons. The summed E-state index contributed by atoms with van der Waals surface area (Å²) < 4.78 is 0. The van der Waals surface area contributed by atoms with Crippen LogP contribution in [-0.2, 0) is 28.8 Å². The fourth-order valence-electron chi connectivity index (χ4n) is 2.04. The van der Waals surface area contributed by atoms with Crippen LogP contribution in [0.4, 0.5) is 0 Å². The van der Waals surface area contributed by atoms with Gasteiger partial charge >= 0.3 is 5.97 Å². The van der Waals surface area contributed by atoms with Gasteiger partial charge in [0.15, 0.2) is 0 Å². The molecule has 14 nitrogen and oxygen atoms in total. The molecule has 0 fully saturated rings. The lowest BCUT2D eigenvalue weighted by Crippen LogP contribution is -2.58. The number of aliphatic hydroxyl groups excluding tert-OH is 1. The van der Waals surface area contributed by atoms with E-state index in [1.165, 1.54) is 0 Å². The van der Waals surface area contributed by atoms with E-state index in [2.05, 4.69) is 28.6 Å². The van der Waals surface area contributed by atoms with Crippen LogP contribution < -0.4 is 33.2 Å². The second kappa shape index (κ2) is 13.3. The number of carbonyl (C=O) groups is 6. The van der Waals surface area contributed by atoms with Gasteiger partial charge in [-0.2, -0.15) is 12.6 Å². The number of amides is 5. The second-order valence-corrected chi connectivity index (χ2v) is 6.53. The van der Waals surface area contributed by atoms with Crippen LogP contribution in [0.5, 0.6) is 0 Å². The first kappa shape index (κ1) is 27.1. The molecule has 30 heavy (non-hydrogen) atoms. The molecule has 0 saturated carbocycles. The zero-order valence-electron chi connectivity index (χ0n) is 15.9. The Labute approximate surface area is 176 Å². The molecule has 0 rings (SSSR count).